The van der Waals surface area contributed by atoms with E-state index in [1.807, 2.05) is 30.3 Å². The number of carbonyl (C=O) groups excluding carboxylic acids is 1. The first-order valence-electron chi connectivity index (χ1n) is 7.94. The van der Waals surface area contributed by atoms with Crippen LogP contribution in [0.25, 0.3) is 0 Å². The summed E-state index contributed by atoms with van der Waals surface area (Å²) >= 11 is 1.39. The van der Waals surface area contributed by atoms with E-state index in [9.17, 15) is 14.7 Å². The molecule has 0 aliphatic rings. The van der Waals surface area contributed by atoms with Gasteiger partial charge in [-0.15, -0.1) is 11.8 Å². The van der Waals surface area contributed by atoms with E-state index in [2.05, 4.69) is 5.32 Å². The van der Waals surface area contributed by atoms with Crippen LogP contribution in [0.1, 0.15) is 18.0 Å². The number of nitrogens with one attached hydrogen (secondary N) is 1. The highest BCUT2D eigenvalue weighted by atomic mass is 32.2. The minimum Gasteiger partial charge on any atom is -0.497 e. The fourth-order valence-electron chi connectivity index (χ4n) is 2.42. The van der Waals surface area contributed by atoms with Crippen molar-refractivity contribution in [2.45, 2.75) is 17.4 Å². The first kappa shape index (κ1) is 19.7. The van der Waals surface area contributed by atoms with Gasteiger partial charge in [-0.3, -0.25) is 9.59 Å². The molecule has 0 bridgehead atoms. The van der Waals surface area contributed by atoms with E-state index in [1.165, 1.54) is 26.0 Å². The van der Waals surface area contributed by atoms with Crippen LogP contribution in [0.2, 0.25) is 0 Å². The topological polar surface area (TPSA) is 84.9 Å². The number of rotatable bonds is 9. The van der Waals surface area contributed by atoms with E-state index in [0.29, 0.717) is 17.1 Å². The lowest BCUT2D eigenvalue weighted by atomic mass is 10.0. The maximum atomic E-state index is 12.3. The van der Waals surface area contributed by atoms with Gasteiger partial charge in [0.2, 0.25) is 5.91 Å². The molecule has 0 saturated carbocycles. The van der Waals surface area contributed by atoms with E-state index < -0.39 is 12.0 Å². The minimum atomic E-state index is -1.01. The maximum absolute atomic E-state index is 12.3. The fourth-order valence-corrected chi connectivity index (χ4v) is 3.15. The Bertz CT molecular complexity index is 751. The Balaban J connectivity index is 2.11. The van der Waals surface area contributed by atoms with Crippen molar-refractivity contribution in [3.8, 4) is 11.5 Å². The predicted molar refractivity (Wildman–Crippen MR) is 99.8 cm³/mol. The largest absolute Gasteiger partial charge is 0.497 e. The summed E-state index contributed by atoms with van der Waals surface area (Å²) in [4.78, 5) is 24.5. The number of hydrogen-bond acceptors (Lipinski definition) is 5. The number of ether oxygens (including phenoxy) is 2. The van der Waals surface area contributed by atoms with Crippen LogP contribution >= 0.6 is 11.8 Å². The molecule has 0 radical (unpaired) electrons. The van der Waals surface area contributed by atoms with Gasteiger partial charge in [0.25, 0.3) is 0 Å². The Hall–Kier alpha value is -2.67. The van der Waals surface area contributed by atoms with Gasteiger partial charge in [0.1, 0.15) is 11.5 Å². The summed E-state index contributed by atoms with van der Waals surface area (Å²) < 4.78 is 10.5. The molecule has 1 amide bonds. The fraction of sp³-hybridized carbons (Fsp3) is 0.263. The number of carboxylic acid groups (broad SMARTS) is 1. The Labute approximate surface area is 156 Å². The Morgan fingerprint density at radius 2 is 1.85 bits per heavy atom. The molecule has 7 heteroatoms. The Morgan fingerprint density at radius 1 is 1.12 bits per heavy atom. The number of methoxy groups -OCH3 is 2. The molecule has 6 nitrogen and oxygen atoms in total. The Kier molecular flexibility index (Phi) is 7.35. The third-order valence-corrected chi connectivity index (χ3v) is 4.66. The maximum Gasteiger partial charge on any atom is 0.305 e. The lowest BCUT2D eigenvalue weighted by Crippen LogP contribution is -2.31. The number of aliphatic carboxylic acids is 1. The van der Waals surface area contributed by atoms with Crippen LogP contribution in [0.3, 0.4) is 0 Å². The van der Waals surface area contributed by atoms with Crippen molar-refractivity contribution in [1.29, 1.82) is 0 Å². The van der Waals surface area contributed by atoms with Crippen LogP contribution in [-0.2, 0) is 9.59 Å². The van der Waals surface area contributed by atoms with E-state index in [0.717, 1.165) is 4.90 Å². The summed E-state index contributed by atoms with van der Waals surface area (Å²) in [6.45, 7) is 0. The summed E-state index contributed by atoms with van der Waals surface area (Å²) in [6.07, 6.45) is -0.246. The summed E-state index contributed by atoms with van der Waals surface area (Å²) in [5.41, 5.74) is 0.591. The highest BCUT2D eigenvalue weighted by Crippen LogP contribution is 2.31. The highest BCUT2D eigenvalue weighted by molar-refractivity contribution is 8.00. The third kappa shape index (κ3) is 5.70. The first-order chi connectivity index (χ1) is 12.5. The van der Waals surface area contributed by atoms with Gasteiger partial charge in [0, 0.05) is 16.5 Å². The van der Waals surface area contributed by atoms with Gasteiger partial charge in [-0.05, 0) is 24.3 Å². The van der Waals surface area contributed by atoms with Crippen LogP contribution in [0.4, 0.5) is 0 Å². The van der Waals surface area contributed by atoms with Gasteiger partial charge in [-0.2, -0.15) is 0 Å². The minimum absolute atomic E-state index is 0.193. The van der Waals surface area contributed by atoms with E-state index in [4.69, 9.17) is 9.47 Å². The molecular formula is C19H21NO5S. The SMILES string of the molecule is COc1ccc(C(CC(=O)O)NC(=O)CSc2ccccc2)c(OC)c1. The van der Waals surface area contributed by atoms with Gasteiger partial charge in [-0.25, -0.2) is 0 Å². The second-order valence-corrected chi connectivity index (χ2v) is 6.48. The van der Waals surface area contributed by atoms with Crippen molar-refractivity contribution < 1.29 is 24.2 Å². The molecule has 0 aromatic heterocycles. The number of carbonyl (C=O) groups is 2. The second-order valence-electron chi connectivity index (χ2n) is 5.43. The van der Waals surface area contributed by atoms with Gasteiger partial charge < -0.3 is 19.9 Å². The number of thioether (sulfide) groups is 1. The normalized spacial score (nSPS) is 11.5. The lowest BCUT2D eigenvalue weighted by Gasteiger charge is -2.20. The molecule has 0 spiro atoms. The van der Waals surface area contributed by atoms with Gasteiger partial charge in [0.05, 0.1) is 32.4 Å². The Morgan fingerprint density at radius 3 is 2.46 bits per heavy atom. The van der Waals surface area contributed by atoms with Crippen molar-refractivity contribution in [3.05, 3.63) is 54.1 Å². The van der Waals surface area contributed by atoms with Crippen LogP contribution in [0.15, 0.2) is 53.4 Å². The smallest absolute Gasteiger partial charge is 0.305 e. The van der Waals surface area contributed by atoms with E-state index in [-0.39, 0.29) is 18.1 Å². The zero-order valence-electron chi connectivity index (χ0n) is 14.6. The van der Waals surface area contributed by atoms with Crippen molar-refractivity contribution in [2.75, 3.05) is 20.0 Å². The summed E-state index contributed by atoms with van der Waals surface area (Å²) in [6, 6.07) is 13.9. The van der Waals surface area contributed by atoms with Gasteiger partial charge in [-0.1, -0.05) is 18.2 Å². The monoisotopic (exact) mass is 375 g/mol. The molecule has 2 aromatic carbocycles. The average Bonchev–Trinajstić information content (AvgIpc) is 2.65. The van der Waals surface area contributed by atoms with Crippen molar-refractivity contribution in [2.24, 2.45) is 0 Å². The molecule has 2 rings (SSSR count). The van der Waals surface area contributed by atoms with E-state index >= 15 is 0 Å². The molecule has 0 fully saturated rings. The quantitative estimate of drug-likeness (QED) is 0.655. The third-order valence-electron chi connectivity index (χ3n) is 3.64. The molecule has 1 unspecified atom stereocenters. The standard InChI is InChI=1S/C19H21NO5S/c1-24-13-8-9-15(17(10-13)25-2)16(11-19(22)23)20-18(21)12-26-14-6-4-3-5-7-14/h3-10,16H,11-12H2,1-2H3,(H,20,21)(H,22,23). The predicted octanol–water partition coefficient (Wildman–Crippen LogP) is 3.13. The zero-order valence-corrected chi connectivity index (χ0v) is 15.4. The van der Waals surface area contributed by atoms with Crippen molar-refractivity contribution in [1.82, 2.24) is 5.32 Å². The van der Waals surface area contributed by atoms with Gasteiger partial charge in [0.15, 0.2) is 0 Å². The van der Waals surface area contributed by atoms with Crippen molar-refractivity contribution in [3.63, 3.8) is 0 Å². The van der Waals surface area contributed by atoms with Crippen LogP contribution in [-0.4, -0.2) is 37.0 Å². The summed E-state index contributed by atoms with van der Waals surface area (Å²) in [5, 5.41) is 12.0. The summed E-state index contributed by atoms with van der Waals surface area (Å²) in [7, 11) is 3.02. The van der Waals surface area contributed by atoms with Crippen LogP contribution < -0.4 is 14.8 Å². The number of benzene rings is 2. The molecule has 2 N–H and O–H groups in total. The molecular weight excluding hydrogens is 354 g/mol. The molecule has 2 aromatic rings. The molecule has 0 aliphatic heterocycles. The molecule has 0 aliphatic carbocycles. The average molecular weight is 375 g/mol. The van der Waals surface area contributed by atoms with E-state index in [1.54, 1.807) is 18.2 Å². The molecule has 26 heavy (non-hydrogen) atoms. The second kappa shape index (κ2) is 9.72. The highest BCUT2D eigenvalue weighted by Gasteiger charge is 2.22. The van der Waals surface area contributed by atoms with Crippen molar-refractivity contribution >= 4 is 23.6 Å². The molecule has 1 atom stereocenters. The zero-order chi connectivity index (χ0) is 18.9. The number of carboxylic acids is 1. The molecule has 0 heterocycles. The molecule has 138 valence electrons. The van der Waals surface area contributed by atoms with Crippen LogP contribution in [0.5, 0.6) is 11.5 Å². The first-order valence-corrected chi connectivity index (χ1v) is 8.93. The van der Waals surface area contributed by atoms with Gasteiger partial charge >= 0.3 is 5.97 Å². The lowest BCUT2D eigenvalue weighted by molar-refractivity contribution is -0.137. The summed E-state index contributed by atoms with van der Waals surface area (Å²) in [5.74, 6) is -0.0115. The van der Waals surface area contributed by atoms with Crippen LogP contribution in [0, 0.1) is 0 Å². The number of hydrogen-bond donors (Lipinski definition) is 2. The molecule has 0 saturated heterocycles. The number of amides is 1.